The highest BCUT2D eigenvalue weighted by molar-refractivity contribution is 5.72. The molecule has 8 nitrogen and oxygen atoms in total. The van der Waals surface area contributed by atoms with E-state index >= 15 is 0 Å². The maximum absolute atomic E-state index is 12.8. The molecule has 0 fully saturated rings. The quantitative estimate of drug-likeness (QED) is 0.0216. The first kappa shape index (κ1) is 55.5. The van der Waals surface area contributed by atoms with Gasteiger partial charge in [-0.3, -0.25) is 9.59 Å². The average Bonchev–Trinajstić information content (AvgIpc) is 3.19. The normalized spacial score (nSPS) is 13.7. The second-order valence-corrected chi connectivity index (χ2v) is 16.3. The molecule has 2 atom stereocenters. The second-order valence-electron chi connectivity index (χ2n) is 16.3. The maximum Gasteiger partial charge on any atom is 0.362 e. The number of aliphatic carboxylic acids is 1. The van der Waals surface area contributed by atoms with Crippen LogP contribution >= 0.6 is 0 Å². The van der Waals surface area contributed by atoms with Crippen molar-refractivity contribution < 1.29 is 38.2 Å². The summed E-state index contributed by atoms with van der Waals surface area (Å²) in [5.41, 5.74) is 0. The second kappa shape index (κ2) is 41.3. The van der Waals surface area contributed by atoms with Crippen LogP contribution in [0.1, 0.15) is 168 Å². The van der Waals surface area contributed by atoms with E-state index in [2.05, 4.69) is 98.9 Å². The maximum atomic E-state index is 12.8. The fourth-order valence-electron chi connectivity index (χ4n) is 6.32. The summed E-state index contributed by atoms with van der Waals surface area (Å²) in [7, 11) is 5.51. The molecule has 0 aromatic carbocycles. The molecule has 0 saturated carbocycles. The number of allylic oxidation sites excluding steroid dienone is 14. The van der Waals surface area contributed by atoms with Crippen LogP contribution in [0.2, 0.25) is 0 Å². The highest BCUT2D eigenvalue weighted by Gasteiger charge is 2.31. The smallest absolute Gasteiger partial charge is 0.362 e. The number of nitrogens with zero attached hydrogens (tertiary/aromatic N) is 1. The molecule has 336 valence electrons. The third-order valence-corrected chi connectivity index (χ3v) is 9.85. The van der Waals surface area contributed by atoms with Crippen LogP contribution in [0.15, 0.2) is 85.1 Å². The lowest BCUT2D eigenvalue weighted by atomic mass is 10.1. The molecule has 0 aliphatic carbocycles. The van der Waals surface area contributed by atoms with Gasteiger partial charge >= 0.3 is 17.9 Å². The lowest BCUT2D eigenvalue weighted by Gasteiger charge is -2.31. The Labute approximate surface area is 361 Å². The monoisotopic (exact) mass is 825 g/mol. The highest BCUT2D eigenvalue weighted by atomic mass is 16.6. The Bertz CT molecular complexity index is 1240. The van der Waals surface area contributed by atoms with Crippen LogP contribution < -0.4 is 0 Å². The number of carboxylic acid groups (broad SMARTS) is 1. The minimum atomic E-state index is -0.882. The van der Waals surface area contributed by atoms with E-state index in [1.54, 1.807) is 0 Å². The first-order chi connectivity index (χ1) is 28.6. The van der Waals surface area contributed by atoms with Crippen LogP contribution in [-0.2, 0) is 28.6 Å². The molecule has 2 unspecified atom stereocenters. The van der Waals surface area contributed by atoms with Crippen LogP contribution in [0.25, 0.3) is 0 Å². The van der Waals surface area contributed by atoms with Crippen molar-refractivity contribution in [2.24, 2.45) is 0 Å². The standard InChI is InChI=1S/C51H85NO7/c1-6-8-10-12-14-16-18-20-22-23-24-25-26-28-30-32-34-36-38-40-42-50(54)59-47(45-57-44-43-48(51(55)56)52(3,4)5)46-58-49(53)41-39-37-35-33-31-29-27-21-19-17-15-13-11-9-7-2/h8-11,13-17,19-20,22,24-25,47-48H,6-7,12,18,21,23,26-46H2,1-5H3/p+1/b10-8+,11-9+,15-13+,16-14+,19-17+,22-20+,25-24+. The molecule has 0 saturated heterocycles. The number of unbranched alkanes of at least 4 members (excludes halogenated alkanes) is 14. The molecule has 0 aliphatic heterocycles. The van der Waals surface area contributed by atoms with E-state index in [1.165, 1.54) is 44.9 Å². The van der Waals surface area contributed by atoms with E-state index in [0.717, 1.165) is 89.9 Å². The summed E-state index contributed by atoms with van der Waals surface area (Å²) in [5.74, 6) is -1.51. The molecule has 0 aliphatic rings. The molecule has 59 heavy (non-hydrogen) atoms. The summed E-state index contributed by atoms with van der Waals surface area (Å²) in [6.07, 6.45) is 53.4. The predicted octanol–water partition coefficient (Wildman–Crippen LogP) is 12.9. The molecule has 0 aromatic rings. The van der Waals surface area contributed by atoms with E-state index in [9.17, 15) is 19.5 Å². The van der Waals surface area contributed by atoms with Gasteiger partial charge in [0.1, 0.15) is 6.61 Å². The van der Waals surface area contributed by atoms with Gasteiger partial charge in [0.25, 0.3) is 0 Å². The van der Waals surface area contributed by atoms with Gasteiger partial charge in [0.2, 0.25) is 0 Å². The molecule has 0 bridgehead atoms. The average molecular weight is 825 g/mol. The Morgan fingerprint density at radius 1 is 0.525 bits per heavy atom. The highest BCUT2D eigenvalue weighted by Crippen LogP contribution is 2.14. The van der Waals surface area contributed by atoms with Crippen LogP contribution in [-0.4, -0.2) is 80.6 Å². The lowest BCUT2D eigenvalue weighted by molar-refractivity contribution is -0.887. The van der Waals surface area contributed by atoms with Gasteiger partial charge in [-0.25, -0.2) is 4.79 Å². The number of carboxylic acids is 1. The summed E-state index contributed by atoms with van der Waals surface area (Å²) in [5, 5.41) is 9.63. The van der Waals surface area contributed by atoms with Crippen molar-refractivity contribution in [1.29, 1.82) is 0 Å². The summed E-state index contributed by atoms with van der Waals surface area (Å²) in [4.78, 5) is 37.1. The van der Waals surface area contributed by atoms with Gasteiger partial charge in [0, 0.05) is 19.3 Å². The van der Waals surface area contributed by atoms with E-state index < -0.39 is 18.1 Å². The van der Waals surface area contributed by atoms with Crippen molar-refractivity contribution in [2.75, 3.05) is 41.0 Å². The number of carbonyl (C=O) groups is 3. The van der Waals surface area contributed by atoms with Gasteiger partial charge in [-0.1, -0.05) is 163 Å². The molecule has 8 heteroatoms. The first-order valence-corrected chi connectivity index (χ1v) is 23.2. The van der Waals surface area contributed by atoms with Crippen molar-refractivity contribution in [3.05, 3.63) is 85.1 Å². The van der Waals surface area contributed by atoms with Crippen molar-refractivity contribution in [1.82, 2.24) is 0 Å². The Hall–Kier alpha value is -3.49. The molecule has 0 radical (unpaired) electrons. The van der Waals surface area contributed by atoms with Crippen molar-refractivity contribution in [3.63, 3.8) is 0 Å². The van der Waals surface area contributed by atoms with Gasteiger partial charge in [0.15, 0.2) is 12.1 Å². The van der Waals surface area contributed by atoms with Gasteiger partial charge in [0.05, 0.1) is 34.4 Å². The molecule has 1 N–H and O–H groups in total. The topological polar surface area (TPSA) is 99.1 Å². The zero-order valence-corrected chi connectivity index (χ0v) is 38.2. The van der Waals surface area contributed by atoms with Crippen LogP contribution in [0, 0.1) is 0 Å². The Balaban J connectivity index is 4.35. The third kappa shape index (κ3) is 39.7. The van der Waals surface area contributed by atoms with Crippen LogP contribution in [0.5, 0.6) is 0 Å². The summed E-state index contributed by atoms with van der Waals surface area (Å²) in [6.45, 7) is 4.46. The van der Waals surface area contributed by atoms with E-state index in [0.29, 0.717) is 19.3 Å². The molecular weight excluding hydrogens is 739 g/mol. The molecule has 0 aromatic heterocycles. The summed E-state index contributed by atoms with van der Waals surface area (Å²) < 4.78 is 17.3. The van der Waals surface area contributed by atoms with Gasteiger partial charge < -0.3 is 23.8 Å². The lowest BCUT2D eigenvalue weighted by Crippen LogP contribution is -2.50. The van der Waals surface area contributed by atoms with Crippen LogP contribution in [0.4, 0.5) is 0 Å². The Kier molecular flexibility index (Phi) is 38.8. The predicted molar refractivity (Wildman–Crippen MR) is 247 cm³/mol. The van der Waals surface area contributed by atoms with Gasteiger partial charge in [-0.2, -0.15) is 0 Å². The van der Waals surface area contributed by atoms with Crippen molar-refractivity contribution >= 4 is 17.9 Å². The molecule has 0 spiro atoms. The number of esters is 2. The van der Waals surface area contributed by atoms with Gasteiger partial charge in [-0.15, -0.1) is 0 Å². The van der Waals surface area contributed by atoms with E-state index in [-0.39, 0.29) is 36.2 Å². The van der Waals surface area contributed by atoms with Gasteiger partial charge in [-0.05, 0) is 70.6 Å². The number of ether oxygens (including phenoxy) is 3. The fourth-order valence-corrected chi connectivity index (χ4v) is 6.32. The minimum absolute atomic E-state index is 0.0478. The van der Waals surface area contributed by atoms with E-state index in [4.69, 9.17) is 14.2 Å². The zero-order valence-electron chi connectivity index (χ0n) is 38.2. The number of hydrogen-bond acceptors (Lipinski definition) is 6. The Morgan fingerprint density at radius 2 is 0.983 bits per heavy atom. The van der Waals surface area contributed by atoms with Crippen LogP contribution in [0.3, 0.4) is 0 Å². The minimum Gasteiger partial charge on any atom is -0.477 e. The molecular formula is C51H86NO7+. The first-order valence-electron chi connectivity index (χ1n) is 23.2. The SMILES string of the molecule is CC/C=C/C=C/C=C/CCCCCCCCCC(=O)OCC(COCCC(C(=O)O)[N+](C)(C)C)OC(=O)CCCCCCCCC/C=C/C/C=C/C/C=C/C/C=C/CC. The molecule has 0 amide bonds. The summed E-state index contributed by atoms with van der Waals surface area (Å²) in [6, 6.07) is -0.623. The molecule has 0 rings (SSSR count). The largest absolute Gasteiger partial charge is 0.477 e. The third-order valence-electron chi connectivity index (χ3n) is 9.85. The fraction of sp³-hybridized carbons (Fsp3) is 0.667. The van der Waals surface area contributed by atoms with Crippen molar-refractivity contribution in [3.8, 4) is 0 Å². The number of carbonyl (C=O) groups excluding carboxylic acids is 2. The zero-order chi connectivity index (χ0) is 43.5. The number of hydrogen-bond donors (Lipinski definition) is 1. The number of rotatable bonds is 40. The number of quaternary nitrogens is 1. The van der Waals surface area contributed by atoms with Crippen molar-refractivity contribution in [2.45, 2.75) is 180 Å². The number of likely N-dealkylation sites (N-methyl/N-ethyl adjacent to an activating group) is 1. The Morgan fingerprint density at radius 3 is 1.51 bits per heavy atom. The van der Waals surface area contributed by atoms with E-state index in [1.807, 2.05) is 21.1 Å². The summed E-state index contributed by atoms with van der Waals surface area (Å²) >= 11 is 0. The molecule has 0 heterocycles.